The molecular formula is C6H20N4. The summed E-state index contributed by atoms with van der Waals surface area (Å²) in [6.07, 6.45) is 1.91. The van der Waals surface area contributed by atoms with E-state index in [0.29, 0.717) is 13.1 Å². The molecule has 0 bridgehead atoms. The van der Waals surface area contributed by atoms with Gasteiger partial charge in [-0.2, -0.15) is 0 Å². The fourth-order valence-corrected chi connectivity index (χ4v) is 0.333. The summed E-state index contributed by atoms with van der Waals surface area (Å²) in [5, 5.41) is 0. The fraction of sp³-hybridized carbons (Fsp3) is 1.00. The maximum Gasteiger partial charge on any atom is 0.0520 e. The number of hydrogen-bond acceptors (Lipinski definition) is 4. The highest BCUT2D eigenvalue weighted by molar-refractivity contribution is 4.45. The number of nitrogens with two attached hydrogens (primary N) is 4. The van der Waals surface area contributed by atoms with Crippen molar-refractivity contribution in [2.24, 2.45) is 22.9 Å². The molecule has 0 unspecified atom stereocenters. The Morgan fingerprint density at radius 2 is 1.50 bits per heavy atom. The van der Waals surface area contributed by atoms with Gasteiger partial charge in [0.05, 0.1) is 6.17 Å². The molecule has 0 atom stereocenters. The van der Waals surface area contributed by atoms with Gasteiger partial charge in [0.2, 0.25) is 0 Å². The Balaban J connectivity index is 0. The second-order valence-corrected chi connectivity index (χ2v) is 2.03. The lowest BCUT2D eigenvalue weighted by Crippen LogP contribution is -2.29. The van der Waals surface area contributed by atoms with Crippen molar-refractivity contribution in [3.63, 3.8) is 0 Å². The van der Waals surface area contributed by atoms with E-state index in [0.717, 1.165) is 12.8 Å². The third-order valence-corrected chi connectivity index (χ3v) is 0.789. The molecule has 0 aliphatic carbocycles. The standard InChI is InChI=1S/C4H12N2.C2H8N2/c1-2-3-4(5)6;3-1-2-4/h4H,2-3,5-6H2,1H3;1-4H2. The molecule has 0 amide bonds. The predicted molar refractivity (Wildman–Crippen MR) is 45.2 cm³/mol. The van der Waals surface area contributed by atoms with Gasteiger partial charge in [-0.1, -0.05) is 13.3 Å². The van der Waals surface area contributed by atoms with Gasteiger partial charge in [0.25, 0.3) is 0 Å². The van der Waals surface area contributed by atoms with E-state index in [1.54, 1.807) is 0 Å². The van der Waals surface area contributed by atoms with Crippen molar-refractivity contribution in [3.8, 4) is 0 Å². The molecule has 4 heteroatoms. The van der Waals surface area contributed by atoms with E-state index >= 15 is 0 Å². The number of rotatable bonds is 3. The molecule has 64 valence electrons. The zero-order chi connectivity index (χ0) is 8.41. The lowest BCUT2D eigenvalue weighted by atomic mass is 10.3. The summed E-state index contributed by atoms with van der Waals surface area (Å²) in [7, 11) is 0. The maximum atomic E-state index is 5.18. The van der Waals surface area contributed by atoms with Gasteiger partial charge >= 0.3 is 0 Å². The predicted octanol–water partition coefficient (Wildman–Crippen LogP) is -1.07. The van der Waals surface area contributed by atoms with E-state index in [1.165, 1.54) is 0 Å². The van der Waals surface area contributed by atoms with E-state index < -0.39 is 0 Å². The minimum atomic E-state index is -0.102. The fourth-order valence-electron chi connectivity index (χ4n) is 0.333. The molecule has 0 aliphatic rings. The average Bonchev–Trinajstić information content (AvgIpc) is 1.89. The van der Waals surface area contributed by atoms with Crippen LogP contribution >= 0.6 is 0 Å². The molecule has 0 aromatic heterocycles. The Morgan fingerprint density at radius 3 is 1.50 bits per heavy atom. The van der Waals surface area contributed by atoms with Gasteiger partial charge in [-0.15, -0.1) is 0 Å². The van der Waals surface area contributed by atoms with Gasteiger partial charge in [0, 0.05) is 13.1 Å². The van der Waals surface area contributed by atoms with Gasteiger partial charge in [0.15, 0.2) is 0 Å². The smallest absolute Gasteiger partial charge is 0.0520 e. The first-order valence-corrected chi connectivity index (χ1v) is 3.60. The van der Waals surface area contributed by atoms with Crippen molar-refractivity contribution in [3.05, 3.63) is 0 Å². The summed E-state index contributed by atoms with van der Waals surface area (Å²) in [5.41, 5.74) is 20.2. The van der Waals surface area contributed by atoms with Crippen LogP contribution in [0.1, 0.15) is 19.8 Å². The molecule has 0 spiro atoms. The minimum Gasteiger partial charge on any atom is -0.329 e. The van der Waals surface area contributed by atoms with Crippen molar-refractivity contribution in [1.82, 2.24) is 0 Å². The largest absolute Gasteiger partial charge is 0.329 e. The van der Waals surface area contributed by atoms with Crippen molar-refractivity contribution in [1.29, 1.82) is 0 Å². The molecule has 0 rings (SSSR count). The SMILES string of the molecule is CCCC(N)N.NCCN. The maximum absolute atomic E-state index is 5.18. The van der Waals surface area contributed by atoms with Gasteiger partial charge in [0.1, 0.15) is 0 Å². The Morgan fingerprint density at radius 1 is 1.10 bits per heavy atom. The van der Waals surface area contributed by atoms with Crippen LogP contribution in [0.2, 0.25) is 0 Å². The van der Waals surface area contributed by atoms with Crippen LogP contribution < -0.4 is 22.9 Å². The summed E-state index contributed by atoms with van der Waals surface area (Å²) in [6.45, 7) is 3.26. The zero-order valence-corrected chi connectivity index (χ0v) is 6.72. The molecule has 0 aromatic rings. The summed E-state index contributed by atoms with van der Waals surface area (Å²) in [6, 6.07) is 0. The van der Waals surface area contributed by atoms with Gasteiger partial charge in [-0.25, -0.2) is 0 Å². The van der Waals surface area contributed by atoms with E-state index in [9.17, 15) is 0 Å². The minimum absolute atomic E-state index is 0.102. The van der Waals surface area contributed by atoms with Crippen molar-refractivity contribution in [2.75, 3.05) is 13.1 Å². The zero-order valence-electron chi connectivity index (χ0n) is 6.72. The van der Waals surface area contributed by atoms with Gasteiger partial charge in [-0.05, 0) is 6.42 Å². The van der Waals surface area contributed by atoms with Crippen LogP contribution in [-0.4, -0.2) is 19.3 Å². The molecule has 0 aromatic carbocycles. The third kappa shape index (κ3) is 24.9. The van der Waals surface area contributed by atoms with Crippen molar-refractivity contribution >= 4 is 0 Å². The van der Waals surface area contributed by atoms with E-state index in [1.807, 2.05) is 0 Å². The molecular weight excluding hydrogens is 128 g/mol. The normalized spacial score (nSPS) is 9.00. The van der Waals surface area contributed by atoms with E-state index in [2.05, 4.69) is 6.92 Å². The Hall–Kier alpha value is -0.160. The molecule has 10 heavy (non-hydrogen) atoms. The van der Waals surface area contributed by atoms with Crippen LogP contribution in [-0.2, 0) is 0 Å². The Bertz CT molecular complexity index is 45.0. The van der Waals surface area contributed by atoms with Gasteiger partial charge in [-0.3, -0.25) is 0 Å². The average molecular weight is 148 g/mol. The van der Waals surface area contributed by atoms with Crippen LogP contribution in [0, 0.1) is 0 Å². The molecule has 0 heterocycles. The summed E-state index contributed by atoms with van der Waals surface area (Å²) < 4.78 is 0. The first-order chi connectivity index (χ1) is 4.68. The molecule has 0 radical (unpaired) electrons. The molecule has 8 N–H and O–H groups in total. The second-order valence-electron chi connectivity index (χ2n) is 2.03. The summed E-state index contributed by atoms with van der Waals surface area (Å²) in [4.78, 5) is 0. The van der Waals surface area contributed by atoms with E-state index in [-0.39, 0.29) is 6.17 Å². The van der Waals surface area contributed by atoms with Crippen molar-refractivity contribution < 1.29 is 0 Å². The Kier molecular flexibility index (Phi) is 14.5. The van der Waals surface area contributed by atoms with Crippen LogP contribution in [0.4, 0.5) is 0 Å². The van der Waals surface area contributed by atoms with Crippen LogP contribution in [0.5, 0.6) is 0 Å². The third-order valence-electron chi connectivity index (χ3n) is 0.789. The highest BCUT2D eigenvalue weighted by Gasteiger charge is 1.85. The first kappa shape index (κ1) is 12.5. The van der Waals surface area contributed by atoms with Crippen LogP contribution in [0.15, 0.2) is 0 Å². The molecule has 0 aliphatic heterocycles. The van der Waals surface area contributed by atoms with Gasteiger partial charge < -0.3 is 22.9 Å². The Labute approximate surface area is 62.9 Å². The van der Waals surface area contributed by atoms with Crippen molar-refractivity contribution in [2.45, 2.75) is 25.9 Å². The lowest BCUT2D eigenvalue weighted by molar-refractivity contribution is 0.627. The number of hydrogen-bond donors (Lipinski definition) is 4. The first-order valence-electron chi connectivity index (χ1n) is 3.60. The van der Waals surface area contributed by atoms with E-state index in [4.69, 9.17) is 22.9 Å². The molecule has 0 saturated carbocycles. The molecule has 0 saturated heterocycles. The highest BCUT2D eigenvalue weighted by atomic mass is 14.8. The van der Waals surface area contributed by atoms with Crippen LogP contribution in [0.25, 0.3) is 0 Å². The topological polar surface area (TPSA) is 104 Å². The summed E-state index contributed by atoms with van der Waals surface area (Å²) >= 11 is 0. The summed E-state index contributed by atoms with van der Waals surface area (Å²) in [5.74, 6) is 0. The van der Waals surface area contributed by atoms with Crippen LogP contribution in [0.3, 0.4) is 0 Å². The second kappa shape index (κ2) is 11.6. The molecule has 0 fully saturated rings. The molecule has 4 nitrogen and oxygen atoms in total. The monoisotopic (exact) mass is 148 g/mol. The quantitative estimate of drug-likeness (QED) is 0.383. The lowest BCUT2D eigenvalue weighted by Gasteiger charge is -1.97. The highest BCUT2D eigenvalue weighted by Crippen LogP contribution is 1.82.